The van der Waals surface area contributed by atoms with Crippen LogP contribution in [-0.4, -0.2) is 21.7 Å². The first kappa shape index (κ1) is 25.1. The highest BCUT2D eigenvalue weighted by molar-refractivity contribution is 7.91. The van der Waals surface area contributed by atoms with Gasteiger partial charge in [-0.1, -0.05) is 54.1 Å². The summed E-state index contributed by atoms with van der Waals surface area (Å²) in [4.78, 5) is 0.272. The van der Waals surface area contributed by atoms with Gasteiger partial charge in [-0.15, -0.1) is 4.72 Å². The standard InChI is InChI=1S/C29H32N2O3S2/c1-20-13-16-23(17-14-20)36(33,34)31-26-18-15-22(21-9-6-5-7-10-21)19-24(26)28-25(11-8-12-27(28)31)30-35(32)29(2,3)4/h5-7,9-10,13-19,25,30H,8,11-12H2,1-4H3/t25-,35?/m1/s1. The summed E-state index contributed by atoms with van der Waals surface area (Å²) < 4.78 is 45.6. The lowest BCUT2D eigenvalue weighted by Crippen LogP contribution is -2.42. The first-order valence-corrected chi connectivity index (χ1v) is 14.9. The Balaban J connectivity index is 1.75. The van der Waals surface area contributed by atoms with Crippen LogP contribution in [0.15, 0.2) is 77.7 Å². The lowest BCUT2D eigenvalue weighted by molar-refractivity contribution is 0.488. The van der Waals surface area contributed by atoms with Crippen molar-refractivity contribution >= 4 is 32.3 Å². The van der Waals surface area contributed by atoms with Gasteiger partial charge in [-0.3, -0.25) is 0 Å². The second kappa shape index (κ2) is 9.38. The number of rotatable bonds is 5. The van der Waals surface area contributed by atoms with Crippen LogP contribution in [0.25, 0.3) is 22.0 Å². The minimum Gasteiger partial charge on any atom is -0.598 e. The van der Waals surface area contributed by atoms with Gasteiger partial charge in [-0.25, -0.2) is 12.4 Å². The Bertz CT molecular complexity index is 1500. The number of aromatic nitrogens is 1. The summed E-state index contributed by atoms with van der Waals surface area (Å²) in [6, 6.07) is 22.9. The summed E-state index contributed by atoms with van der Waals surface area (Å²) >= 11 is -1.29. The van der Waals surface area contributed by atoms with E-state index in [-0.39, 0.29) is 10.9 Å². The van der Waals surface area contributed by atoms with Gasteiger partial charge in [0.1, 0.15) is 4.75 Å². The van der Waals surface area contributed by atoms with Crippen LogP contribution in [0, 0.1) is 6.92 Å². The maximum absolute atomic E-state index is 14.0. The van der Waals surface area contributed by atoms with Crippen molar-refractivity contribution < 1.29 is 13.0 Å². The number of aryl methyl sites for hydroxylation is 1. The van der Waals surface area contributed by atoms with E-state index >= 15 is 0 Å². The van der Waals surface area contributed by atoms with E-state index in [1.807, 2.05) is 70.2 Å². The molecule has 5 nitrogen and oxygen atoms in total. The molecule has 0 fully saturated rings. The van der Waals surface area contributed by atoms with Crippen LogP contribution in [-0.2, 0) is 27.8 Å². The first-order chi connectivity index (χ1) is 17.1. The minimum atomic E-state index is -3.83. The Labute approximate surface area is 216 Å². The molecule has 0 saturated heterocycles. The van der Waals surface area contributed by atoms with Crippen LogP contribution in [0.2, 0.25) is 0 Å². The number of nitrogens with one attached hydrogen (secondary N) is 1. The molecular formula is C29H32N2O3S2. The average Bonchev–Trinajstić information content (AvgIpc) is 3.19. The molecule has 36 heavy (non-hydrogen) atoms. The fourth-order valence-electron chi connectivity index (χ4n) is 4.91. The smallest absolute Gasteiger partial charge is 0.268 e. The van der Waals surface area contributed by atoms with E-state index < -0.39 is 26.1 Å². The Morgan fingerprint density at radius 3 is 2.33 bits per heavy atom. The Morgan fingerprint density at radius 2 is 1.67 bits per heavy atom. The zero-order valence-electron chi connectivity index (χ0n) is 21.1. The highest BCUT2D eigenvalue weighted by Crippen LogP contribution is 2.42. The topological polar surface area (TPSA) is 74.2 Å². The van der Waals surface area contributed by atoms with Gasteiger partial charge in [0.2, 0.25) is 0 Å². The molecule has 1 N–H and O–H groups in total. The highest BCUT2D eigenvalue weighted by atomic mass is 32.2. The van der Waals surface area contributed by atoms with Crippen LogP contribution in [0.1, 0.15) is 56.5 Å². The molecule has 3 aromatic carbocycles. The van der Waals surface area contributed by atoms with Gasteiger partial charge in [-0.2, -0.15) is 0 Å². The SMILES string of the molecule is Cc1ccc(S(=O)(=O)n2c3c(c4cc(-c5ccccc5)ccc42)[C@H](N[S+]([O-])C(C)(C)C)CCC3)cc1. The van der Waals surface area contributed by atoms with Crippen LogP contribution in [0.3, 0.4) is 0 Å². The minimum absolute atomic E-state index is 0.197. The number of benzene rings is 3. The third-order valence-corrected chi connectivity index (χ3v) is 10.2. The molecule has 0 radical (unpaired) electrons. The van der Waals surface area contributed by atoms with Crippen LogP contribution < -0.4 is 4.72 Å². The van der Waals surface area contributed by atoms with E-state index in [0.717, 1.165) is 46.2 Å². The van der Waals surface area contributed by atoms with E-state index in [9.17, 15) is 13.0 Å². The molecule has 0 bridgehead atoms. The summed E-state index contributed by atoms with van der Waals surface area (Å²) in [7, 11) is -3.83. The molecule has 1 aromatic heterocycles. The van der Waals surface area contributed by atoms with Crippen molar-refractivity contribution in [3.05, 3.63) is 89.6 Å². The van der Waals surface area contributed by atoms with Gasteiger partial charge in [0.15, 0.2) is 0 Å². The molecule has 2 atom stereocenters. The number of fused-ring (bicyclic) bond motifs is 3. The first-order valence-electron chi connectivity index (χ1n) is 12.3. The quantitative estimate of drug-likeness (QED) is 0.314. The van der Waals surface area contributed by atoms with Crippen molar-refractivity contribution in [2.24, 2.45) is 0 Å². The summed E-state index contributed by atoms with van der Waals surface area (Å²) in [6.45, 7) is 7.77. The largest absolute Gasteiger partial charge is 0.598 e. The lowest BCUT2D eigenvalue weighted by Gasteiger charge is -2.30. The average molecular weight is 521 g/mol. The second-order valence-electron chi connectivity index (χ2n) is 10.5. The third-order valence-electron chi connectivity index (χ3n) is 6.79. The number of hydrogen-bond donors (Lipinski definition) is 1. The highest BCUT2D eigenvalue weighted by Gasteiger charge is 2.37. The van der Waals surface area contributed by atoms with Gasteiger partial charge in [0.05, 0.1) is 16.5 Å². The molecule has 5 rings (SSSR count). The molecule has 0 spiro atoms. The van der Waals surface area contributed by atoms with Crippen molar-refractivity contribution in [3.8, 4) is 11.1 Å². The van der Waals surface area contributed by atoms with Crippen molar-refractivity contribution in [1.82, 2.24) is 8.69 Å². The molecule has 1 heterocycles. The molecule has 0 saturated carbocycles. The normalized spacial score (nSPS) is 17.2. The Morgan fingerprint density at radius 1 is 0.972 bits per heavy atom. The van der Waals surface area contributed by atoms with Gasteiger partial charge in [-0.05, 0) is 82.3 Å². The van der Waals surface area contributed by atoms with Crippen LogP contribution >= 0.6 is 0 Å². The van der Waals surface area contributed by atoms with Crippen LogP contribution in [0.5, 0.6) is 0 Å². The molecule has 1 unspecified atom stereocenters. The predicted molar refractivity (Wildman–Crippen MR) is 148 cm³/mol. The van der Waals surface area contributed by atoms with Gasteiger partial charge >= 0.3 is 0 Å². The van der Waals surface area contributed by atoms with E-state index in [1.54, 1.807) is 12.1 Å². The molecule has 0 amide bonds. The van der Waals surface area contributed by atoms with Crippen molar-refractivity contribution in [2.75, 3.05) is 0 Å². The van der Waals surface area contributed by atoms with E-state index in [0.29, 0.717) is 11.9 Å². The molecule has 7 heteroatoms. The molecule has 1 aliphatic rings. The molecular weight excluding hydrogens is 488 g/mol. The zero-order chi connectivity index (χ0) is 25.7. The molecule has 0 aliphatic heterocycles. The maximum Gasteiger partial charge on any atom is 0.268 e. The second-order valence-corrected chi connectivity index (χ2v) is 14.3. The monoisotopic (exact) mass is 520 g/mol. The summed E-state index contributed by atoms with van der Waals surface area (Å²) in [6.07, 6.45) is 2.27. The van der Waals surface area contributed by atoms with Crippen molar-refractivity contribution in [2.45, 2.75) is 62.6 Å². The van der Waals surface area contributed by atoms with E-state index in [1.165, 1.54) is 3.97 Å². The van der Waals surface area contributed by atoms with Crippen molar-refractivity contribution in [3.63, 3.8) is 0 Å². The molecule has 188 valence electrons. The van der Waals surface area contributed by atoms with E-state index in [2.05, 4.69) is 22.9 Å². The van der Waals surface area contributed by atoms with Crippen LogP contribution in [0.4, 0.5) is 0 Å². The Hall–Kier alpha value is -2.58. The van der Waals surface area contributed by atoms with Gasteiger partial charge in [0.25, 0.3) is 10.0 Å². The number of nitrogens with zero attached hydrogens (tertiary/aromatic N) is 1. The summed E-state index contributed by atoms with van der Waals surface area (Å²) in [5.41, 5.74) is 5.50. The molecule has 4 aromatic rings. The predicted octanol–water partition coefficient (Wildman–Crippen LogP) is 6.28. The summed E-state index contributed by atoms with van der Waals surface area (Å²) in [5, 5.41) is 0.894. The third kappa shape index (κ3) is 4.50. The Kier molecular flexibility index (Phi) is 6.53. The van der Waals surface area contributed by atoms with E-state index in [4.69, 9.17) is 0 Å². The fourth-order valence-corrected chi connectivity index (χ4v) is 7.34. The van der Waals surface area contributed by atoms with Gasteiger partial charge < -0.3 is 4.55 Å². The zero-order valence-corrected chi connectivity index (χ0v) is 22.7. The fraction of sp³-hybridized carbons (Fsp3) is 0.310. The lowest BCUT2D eigenvalue weighted by atomic mass is 9.90. The number of hydrogen-bond acceptors (Lipinski definition) is 4. The van der Waals surface area contributed by atoms with Gasteiger partial charge in [0, 0.05) is 28.0 Å². The van der Waals surface area contributed by atoms with Crippen molar-refractivity contribution in [1.29, 1.82) is 0 Å². The maximum atomic E-state index is 14.0. The molecule has 1 aliphatic carbocycles. The summed E-state index contributed by atoms with van der Waals surface area (Å²) in [5.74, 6) is 0.